The zero-order chi connectivity index (χ0) is 25.0. The third kappa shape index (κ3) is 7.89. The molecule has 2 atom stereocenters. The van der Waals surface area contributed by atoms with Gasteiger partial charge in [-0.15, -0.1) is 0 Å². The van der Waals surface area contributed by atoms with E-state index >= 15 is 0 Å². The SMILES string of the molecule is CC(C)c1nc(-c2ccc(F)cc2)c(-c2cc(Cl)cc(Cl)c2)n1/C=C/[C@@H](O)C[C@@H](O)CC(=O)[O-].[Na+]. The molecule has 0 saturated heterocycles. The topological polar surface area (TPSA) is 98.4 Å². The van der Waals surface area contributed by atoms with Crippen molar-refractivity contribution in [1.82, 2.24) is 9.55 Å². The second-order valence-electron chi connectivity index (χ2n) is 8.23. The molecule has 0 bridgehead atoms. The minimum absolute atomic E-state index is 0. The van der Waals surface area contributed by atoms with Gasteiger partial charge in [-0.05, 0) is 48.5 Å². The number of halogens is 3. The molecule has 35 heavy (non-hydrogen) atoms. The van der Waals surface area contributed by atoms with Gasteiger partial charge in [-0.2, -0.15) is 0 Å². The standard InChI is InChI=1S/C25H25Cl2FN2O4.Na/c1-14(2)25-29-23(15-3-5-19(28)6-4-15)24(16-9-17(26)11-18(27)10-16)30(25)8-7-20(31)12-21(32)13-22(33)34;/h3-11,14,20-21,31-32H,12-13H2,1-2H3,(H,33,34);/q;+1/p-1/b8-7+;/t20-,21-;/m1./s1. The summed E-state index contributed by atoms with van der Waals surface area (Å²) in [6, 6.07) is 11.0. The van der Waals surface area contributed by atoms with Crippen molar-refractivity contribution in [2.75, 3.05) is 0 Å². The van der Waals surface area contributed by atoms with Gasteiger partial charge in [0.05, 0.1) is 23.6 Å². The average molecular weight is 529 g/mol. The van der Waals surface area contributed by atoms with Gasteiger partial charge in [0.2, 0.25) is 0 Å². The molecule has 0 aliphatic rings. The van der Waals surface area contributed by atoms with Gasteiger partial charge in [-0.1, -0.05) is 37.0 Å². The first-order chi connectivity index (χ1) is 16.0. The minimum Gasteiger partial charge on any atom is -0.550 e. The van der Waals surface area contributed by atoms with Crippen LogP contribution >= 0.6 is 23.2 Å². The predicted octanol–water partition coefficient (Wildman–Crippen LogP) is 1.51. The Morgan fingerprint density at radius 2 is 1.71 bits per heavy atom. The predicted molar refractivity (Wildman–Crippen MR) is 129 cm³/mol. The number of hydrogen-bond donors (Lipinski definition) is 2. The smallest absolute Gasteiger partial charge is 0.550 e. The number of aliphatic hydroxyl groups is 2. The van der Waals surface area contributed by atoms with Crippen LogP contribution in [0.25, 0.3) is 28.7 Å². The quantitative estimate of drug-likeness (QED) is 0.410. The Balaban J connectivity index is 0.00000432. The van der Waals surface area contributed by atoms with E-state index in [1.54, 1.807) is 41.1 Å². The summed E-state index contributed by atoms with van der Waals surface area (Å²) in [7, 11) is 0. The summed E-state index contributed by atoms with van der Waals surface area (Å²) in [5.41, 5.74) is 2.52. The molecule has 0 saturated carbocycles. The largest absolute Gasteiger partial charge is 1.00 e. The number of imidazole rings is 1. The first-order valence-electron chi connectivity index (χ1n) is 10.6. The third-order valence-electron chi connectivity index (χ3n) is 5.08. The number of aliphatic carboxylic acids is 1. The number of carbonyl (C=O) groups excluding carboxylic acids is 1. The van der Waals surface area contributed by atoms with Crippen molar-refractivity contribution in [3.63, 3.8) is 0 Å². The number of benzene rings is 2. The molecule has 3 rings (SSSR count). The van der Waals surface area contributed by atoms with Crippen LogP contribution in [0.15, 0.2) is 48.5 Å². The number of carboxylic acid groups (broad SMARTS) is 1. The van der Waals surface area contributed by atoms with E-state index in [4.69, 9.17) is 28.2 Å². The summed E-state index contributed by atoms with van der Waals surface area (Å²) in [5, 5.41) is 31.7. The van der Waals surface area contributed by atoms with Crippen LogP contribution in [0.4, 0.5) is 4.39 Å². The second kappa shape index (κ2) is 13.0. The third-order valence-corrected chi connectivity index (χ3v) is 5.52. The van der Waals surface area contributed by atoms with Crippen molar-refractivity contribution in [2.45, 2.75) is 44.8 Å². The molecule has 0 aliphatic heterocycles. The van der Waals surface area contributed by atoms with Gasteiger partial charge >= 0.3 is 29.6 Å². The Morgan fingerprint density at radius 3 is 2.26 bits per heavy atom. The van der Waals surface area contributed by atoms with Crippen molar-refractivity contribution in [2.24, 2.45) is 0 Å². The molecule has 0 unspecified atom stereocenters. The molecule has 3 aromatic rings. The van der Waals surface area contributed by atoms with Gasteiger partial charge in [0.25, 0.3) is 0 Å². The maximum absolute atomic E-state index is 13.6. The van der Waals surface area contributed by atoms with Crippen LogP contribution in [0, 0.1) is 5.82 Å². The van der Waals surface area contributed by atoms with E-state index in [-0.39, 0.29) is 47.7 Å². The molecule has 2 N–H and O–H groups in total. The van der Waals surface area contributed by atoms with E-state index < -0.39 is 24.6 Å². The summed E-state index contributed by atoms with van der Waals surface area (Å²) in [6.45, 7) is 3.91. The summed E-state index contributed by atoms with van der Waals surface area (Å²) in [5.74, 6) is -1.15. The average Bonchev–Trinajstić information content (AvgIpc) is 3.11. The number of nitrogens with zero attached hydrogens (tertiary/aromatic N) is 2. The van der Waals surface area contributed by atoms with E-state index in [9.17, 15) is 24.5 Å². The number of aromatic nitrogens is 2. The van der Waals surface area contributed by atoms with Crippen LogP contribution in [0.5, 0.6) is 0 Å². The fourth-order valence-corrected chi connectivity index (χ4v) is 4.13. The van der Waals surface area contributed by atoms with Gasteiger partial charge in [0.1, 0.15) is 11.6 Å². The first-order valence-corrected chi connectivity index (χ1v) is 11.4. The summed E-state index contributed by atoms with van der Waals surface area (Å²) < 4.78 is 15.4. The van der Waals surface area contributed by atoms with Crippen LogP contribution in [0.2, 0.25) is 10.0 Å². The van der Waals surface area contributed by atoms with Crippen LogP contribution < -0.4 is 34.7 Å². The zero-order valence-electron chi connectivity index (χ0n) is 19.6. The van der Waals surface area contributed by atoms with Crippen LogP contribution in [-0.2, 0) is 4.79 Å². The Hall–Kier alpha value is -1.71. The first kappa shape index (κ1) is 29.5. The Kier molecular flexibility index (Phi) is 11.0. The van der Waals surface area contributed by atoms with Crippen molar-refractivity contribution in [3.8, 4) is 22.5 Å². The molecule has 2 aromatic carbocycles. The molecule has 180 valence electrons. The Bertz CT molecular complexity index is 1180. The molecule has 0 amide bonds. The zero-order valence-corrected chi connectivity index (χ0v) is 23.1. The number of rotatable bonds is 9. The Labute approximate surface area is 235 Å². The summed E-state index contributed by atoms with van der Waals surface area (Å²) >= 11 is 12.5. The molecule has 1 aromatic heterocycles. The monoisotopic (exact) mass is 528 g/mol. The number of aliphatic hydroxyl groups excluding tert-OH is 2. The van der Waals surface area contributed by atoms with Crippen molar-refractivity contribution in [1.29, 1.82) is 0 Å². The molecule has 0 fully saturated rings. The van der Waals surface area contributed by atoms with Gasteiger partial charge < -0.3 is 24.7 Å². The van der Waals surface area contributed by atoms with Crippen LogP contribution in [0.3, 0.4) is 0 Å². The normalized spacial score (nSPS) is 13.1. The second-order valence-corrected chi connectivity index (χ2v) is 9.10. The Morgan fingerprint density at radius 1 is 1.11 bits per heavy atom. The molecule has 1 heterocycles. The van der Waals surface area contributed by atoms with Gasteiger partial charge in [0, 0.05) is 52.1 Å². The molecular weight excluding hydrogens is 505 g/mol. The fraction of sp³-hybridized carbons (Fsp3) is 0.280. The summed E-state index contributed by atoms with van der Waals surface area (Å²) in [6.07, 6.45) is -0.0839. The minimum atomic E-state index is -1.40. The van der Waals surface area contributed by atoms with E-state index in [1.165, 1.54) is 18.2 Å². The van der Waals surface area contributed by atoms with Crippen LogP contribution in [-0.4, -0.2) is 37.9 Å². The number of hydrogen-bond acceptors (Lipinski definition) is 5. The number of carbonyl (C=O) groups is 1. The van der Waals surface area contributed by atoms with Crippen molar-refractivity contribution in [3.05, 3.63) is 70.2 Å². The van der Waals surface area contributed by atoms with Crippen molar-refractivity contribution < 1.29 is 54.1 Å². The van der Waals surface area contributed by atoms with Gasteiger partial charge in [-0.25, -0.2) is 9.37 Å². The van der Waals surface area contributed by atoms with E-state index in [0.717, 1.165) is 0 Å². The maximum Gasteiger partial charge on any atom is 1.00 e. The maximum atomic E-state index is 13.6. The van der Waals surface area contributed by atoms with Crippen molar-refractivity contribution >= 4 is 35.4 Å². The van der Waals surface area contributed by atoms with E-state index in [1.807, 2.05) is 13.8 Å². The van der Waals surface area contributed by atoms with Gasteiger partial charge in [0.15, 0.2) is 0 Å². The van der Waals surface area contributed by atoms with Crippen LogP contribution in [0.1, 0.15) is 38.4 Å². The van der Waals surface area contributed by atoms with E-state index in [2.05, 4.69) is 0 Å². The molecular formula is C25H24Cl2FN2NaO4. The molecule has 6 nitrogen and oxygen atoms in total. The molecule has 0 radical (unpaired) electrons. The molecule has 0 aliphatic carbocycles. The van der Waals surface area contributed by atoms with Gasteiger partial charge in [-0.3, -0.25) is 0 Å². The number of carboxylic acids is 1. The van der Waals surface area contributed by atoms with E-state index in [0.29, 0.717) is 38.4 Å². The molecule has 0 spiro atoms. The fourth-order valence-electron chi connectivity index (χ4n) is 3.60. The summed E-state index contributed by atoms with van der Waals surface area (Å²) in [4.78, 5) is 15.5. The molecule has 10 heteroatoms.